The molecule has 1 aromatic carbocycles. The first-order valence-electron chi connectivity index (χ1n) is 8.64. The van der Waals surface area contributed by atoms with E-state index in [1.165, 1.54) is 0 Å². The van der Waals surface area contributed by atoms with E-state index in [9.17, 15) is 9.59 Å². The molecule has 1 heterocycles. The Bertz CT molecular complexity index is 574. The van der Waals surface area contributed by atoms with Gasteiger partial charge in [-0.25, -0.2) is 0 Å². The molecule has 2 N–H and O–H groups in total. The molecule has 0 spiro atoms. The molecule has 0 aromatic heterocycles. The van der Waals surface area contributed by atoms with E-state index in [0.717, 1.165) is 19.3 Å². The first kappa shape index (κ1) is 18.1. The van der Waals surface area contributed by atoms with E-state index in [-0.39, 0.29) is 11.8 Å². The summed E-state index contributed by atoms with van der Waals surface area (Å²) in [5.41, 5.74) is 0.458. The van der Waals surface area contributed by atoms with Gasteiger partial charge in [0.2, 0.25) is 5.91 Å². The quantitative estimate of drug-likeness (QED) is 0.802. The molecule has 132 valence electrons. The van der Waals surface area contributed by atoms with Gasteiger partial charge in [-0.05, 0) is 50.8 Å². The maximum atomic E-state index is 12.5. The molecule has 1 saturated heterocycles. The summed E-state index contributed by atoms with van der Waals surface area (Å²) in [6, 6.07) is 4.62. The molecule has 6 heteroatoms. The monoisotopic (exact) mass is 334 g/mol. The number of rotatable bonds is 7. The Morgan fingerprint density at radius 3 is 2.83 bits per heavy atom. The lowest BCUT2D eigenvalue weighted by atomic mass is 10.1. The van der Waals surface area contributed by atoms with Crippen LogP contribution >= 0.6 is 0 Å². The summed E-state index contributed by atoms with van der Waals surface area (Å²) in [6.45, 7) is 5.65. The van der Waals surface area contributed by atoms with E-state index < -0.39 is 6.04 Å². The predicted molar refractivity (Wildman–Crippen MR) is 91.5 cm³/mol. The van der Waals surface area contributed by atoms with Crippen LogP contribution in [0.2, 0.25) is 0 Å². The second-order valence-corrected chi connectivity index (χ2v) is 5.76. The van der Waals surface area contributed by atoms with Crippen LogP contribution in [0.15, 0.2) is 18.2 Å². The van der Waals surface area contributed by atoms with Crippen LogP contribution in [-0.4, -0.2) is 37.6 Å². The van der Waals surface area contributed by atoms with Crippen LogP contribution in [0.3, 0.4) is 0 Å². The van der Waals surface area contributed by atoms with Crippen LogP contribution in [0.4, 0.5) is 0 Å². The minimum atomic E-state index is -0.480. The number of ether oxygens (including phenoxy) is 2. The number of carbonyl (C=O) groups excluding carboxylic acids is 2. The SMILES string of the molecule is CCCOc1ccc(C(=O)N[C@@H]2CCCCNC2=O)cc1OCC. The summed E-state index contributed by atoms with van der Waals surface area (Å²) in [5, 5.41) is 5.63. The molecule has 0 bridgehead atoms. The van der Waals surface area contributed by atoms with E-state index in [4.69, 9.17) is 9.47 Å². The minimum absolute atomic E-state index is 0.117. The molecule has 1 aromatic rings. The third-order valence-corrected chi connectivity index (χ3v) is 3.81. The highest BCUT2D eigenvalue weighted by Crippen LogP contribution is 2.28. The molecule has 1 aliphatic heterocycles. The summed E-state index contributed by atoms with van der Waals surface area (Å²) in [5.74, 6) is 0.778. The predicted octanol–water partition coefficient (Wildman–Crippen LogP) is 2.27. The van der Waals surface area contributed by atoms with Crippen molar-refractivity contribution in [2.24, 2.45) is 0 Å². The fourth-order valence-corrected chi connectivity index (χ4v) is 2.57. The van der Waals surface area contributed by atoms with Gasteiger partial charge in [-0.1, -0.05) is 6.92 Å². The van der Waals surface area contributed by atoms with Crippen LogP contribution in [0.25, 0.3) is 0 Å². The van der Waals surface area contributed by atoms with Gasteiger partial charge >= 0.3 is 0 Å². The fraction of sp³-hybridized carbons (Fsp3) is 0.556. The molecule has 0 radical (unpaired) electrons. The second-order valence-electron chi connectivity index (χ2n) is 5.76. The molecule has 0 saturated carbocycles. The van der Waals surface area contributed by atoms with Gasteiger partial charge in [0.25, 0.3) is 5.91 Å². The summed E-state index contributed by atoms with van der Waals surface area (Å²) < 4.78 is 11.2. The van der Waals surface area contributed by atoms with Crippen molar-refractivity contribution in [2.45, 2.75) is 45.6 Å². The largest absolute Gasteiger partial charge is 0.490 e. The van der Waals surface area contributed by atoms with E-state index in [0.29, 0.717) is 43.2 Å². The maximum absolute atomic E-state index is 12.5. The van der Waals surface area contributed by atoms with Gasteiger partial charge in [-0.2, -0.15) is 0 Å². The Morgan fingerprint density at radius 1 is 1.25 bits per heavy atom. The average molecular weight is 334 g/mol. The van der Waals surface area contributed by atoms with Crippen molar-refractivity contribution in [1.29, 1.82) is 0 Å². The molecule has 1 atom stereocenters. The van der Waals surface area contributed by atoms with Gasteiger partial charge < -0.3 is 20.1 Å². The third kappa shape index (κ3) is 4.88. The Hall–Kier alpha value is -2.24. The molecular weight excluding hydrogens is 308 g/mol. The molecule has 1 aliphatic rings. The van der Waals surface area contributed by atoms with Gasteiger partial charge in [0, 0.05) is 12.1 Å². The topological polar surface area (TPSA) is 76.7 Å². The number of nitrogens with one attached hydrogen (secondary N) is 2. The number of benzene rings is 1. The van der Waals surface area contributed by atoms with Gasteiger partial charge in [-0.3, -0.25) is 9.59 Å². The maximum Gasteiger partial charge on any atom is 0.252 e. The van der Waals surface area contributed by atoms with Crippen molar-refractivity contribution in [3.05, 3.63) is 23.8 Å². The van der Waals surface area contributed by atoms with E-state index in [2.05, 4.69) is 10.6 Å². The highest BCUT2D eigenvalue weighted by molar-refractivity contribution is 5.98. The molecule has 1 fully saturated rings. The van der Waals surface area contributed by atoms with E-state index in [1.807, 2.05) is 13.8 Å². The second kappa shape index (κ2) is 9.15. The normalized spacial score (nSPS) is 17.6. The molecule has 2 amide bonds. The third-order valence-electron chi connectivity index (χ3n) is 3.81. The van der Waals surface area contributed by atoms with Crippen LogP contribution in [0.5, 0.6) is 11.5 Å². The number of hydrogen-bond acceptors (Lipinski definition) is 4. The van der Waals surface area contributed by atoms with Crippen LogP contribution in [-0.2, 0) is 4.79 Å². The van der Waals surface area contributed by atoms with Crippen molar-refractivity contribution in [1.82, 2.24) is 10.6 Å². The van der Waals surface area contributed by atoms with Gasteiger partial charge in [-0.15, -0.1) is 0 Å². The molecule has 24 heavy (non-hydrogen) atoms. The summed E-state index contributed by atoms with van der Waals surface area (Å²) >= 11 is 0. The highest BCUT2D eigenvalue weighted by Gasteiger charge is 2.23. The van der Waals surface area contributed by atoms with Crippen LogP contribution in [0.1, 0.15) is 49.9 Å². The lowest BCUT2D eigenvalue weighted by molar-refractivity contribution is -0.122. The first-order valence-corrected chi connectivity index (χ1v) is 8.64. The minimum Gasteiger partial charge on any atom is -0.490 e. The summed E-state index contributed by atoms with van der Waals surface area (Å²) in [4.78, 5) is 24.4. The average Bonchev–Trinajstić information content (AvgIpc) is 2.78. The summed E-state index contributed by atoms with van der Waals surface area (Å²) in [7, 11) is 0. The van der Waals surface area contributed by atoms with Gasteiger partial charge in [0.05, 0.1) is 13.2 Å². The molecular formula is C18H26N2O4. The molecule has 6 nitrogen and oxygen atoms in total. The zero-order chi connectivity index (χ0) is 17.4. The Kier molecular flexibility index (Phi) is 6.90. The number of amides is 2. The van der Waals surface area contributed by atoms with Crippen LogP contribution < -0.4 is 20.1 Å². The van der Waals surface area contributed by atoms with Crippen molar-refractivity contribution >= 4 is 11.8 Å². The van der Waals surface area contributed by atoms with Crippen molar-refractivity contribution in [3.63, 3.8) is 0 Å². The summed E-state index contributed by atoms with van der Waals surface area (Å²) in [6.07, 6.45) is 3.41. The Labute approximate surface area is 142 Å². The zero-order valence-corrected chi connectivity index (χ0v) is 14.4. The highest BCUT2D eigenvalue weighted by atomic mass is 16.5. The molecule has 2 rings (SSSR count). The Morgan fingerprint density at radius 2 is 2.08 bits per heavy atom. The van der Waals surface area contributed by atoms with Crippen molar-refractivity contribution in [2.75, 3.05) is 19.8 Å². The van der Waals surface area contributed by atoms with Crippen molar-refractivity contribution in [3.8, 4) is 11.5 Å². The molecule has 0 aliphatic carbocycles. The standard InChI is InChI=1S/C18H26N2O4/c1-3-11-24-15-9-8-13(12-16(15)23-4-2)17(21)20-14-7-5-6-10-19-18(14)22/h8-9,12,14H,3-7,10-11H2,1-2H3,(H,19,22)(H,20,21)/t14-/m1/s1. The lowest BCUT2D eigenvalue weighted by Gasteiger charge is -2.16. The lowest BCUT2D eigenvalue weighted by Crippen LogP contribution is -2.45. The van der Waals surface area contributed by atoms with Crippen LogP contribution in [0, 0.1) is 0 Å². The van der Waals surface area contributed by atoms with E-state index in [1.54, 1.807) is 18.2 Å². The Balaban J connectivity index is 2.10. The van der Waals surface area contributed by atoms with Gasteiger partial charge in [0.15, 0.2) is 11.5 Å². The van der Waals surface area contributed by atoms with Gasteiger partial charge in [0.1, 0.15) is 6.04 Å². The molecule has 0 unspecified atom stereocenters. The number of carbonyl (C=O) groups is 2. The first-order chi connectivity index (χ1) is 11.7. The smallest absolute Gasteiger partial charge is 0.252 e. The van der Waals surface area contributed by atoms with Crippen molar-refractivity contribution < 1.29 is 19.1 Å². The zero-order valence-electron chi connectivity index (χ0n) is 14.4. The number of hydrogen-bond donors (Lipinski definition) is 2. The fourth-order valence-electron chi connectivity index (χ4n) is 2.57. The van der Waals surface area contributed by atoms with E-state index >= 15 is 0 Å².